The van der Waals surface area contributed by atoms with Crippen LogP contribution in [0.3, 0.4) is 0 Å². The Morgan fingerprint density at radius 1 is 1.32 bits per heavy atom. The number of nitrogens with one attached hydrogen (secondary N) is 1. The largest absolute Gasteiger partial charge is 0.480 e. The fraction of sp³-hybridized carbons (Fsp3) is 0.579. The molecule has 1 aromatic carbocycles. The zero-order valence-electron chi connectivity index (χ0n) is 15.2. The third kappa shape index (κ3) is 6.05. The van der Waals surface area contributed by atoms with Crippen molar-refractivity contribution < 1.29 is 19.4 Å². The summed E-state index contributed by atoms with van der Waals surface area (Å²) in [7, 11) is 0. The van der Waals surface area contributed by atoms with E-state index in [0.29, 0.717) is 19.5 Å². The van der Waals surface area contributed by atoms with Crippen molar-refractivity contribution in [3.8, 4) is 0 Å². The fourth-order valence-electron chi connectivity index (χ4n) is 2.98. The van der Waals surface area contributed by atoms with Gasteiger partial charge in [0.2, 0.25) is 0 Å². The highest BCUT2D eigenvalue weighted by Crippen LogP contribution is 2.20. The Balaban J connectivity index is 1.92. The van der Waals surface area contributed by atoms with Crippen LogP contribution in [0.15, 0.2) is 30.3 Å². The molecule has 138 valence electrons. The Labute approximate surface area is 149 Å². The van der Waals surface area contributed by atoms with Crippen LogP contribution in [0.4, 0.5) is 4.79 Å². The van der Waals surface area contributed by atoms with Gasteiger partial charge in [0.05, 0.1) is 0 Å². The Morgan fingerprint density at radius 3 is 2.60 bits per heavy atom. The van der Waals surface area contributed by atoms with E-state index in [2.05, 4.69) is 5.32 Å². The molecule has 1 fully saturated rings. The monoisotopic (exact) mass is 348 g/mol. The number of hydrogen-bond acceptors (Lipinski definition) is 4. The average Bonchev–Trinajstić information content (AvgIpc) is 2.99. The van der Waals surface area contributed by atoms with Gasteiger partial charge in [-0.3, -0.25) is 4.79 Å². The predicted molar refractivity (Wildman–Crippen MR) is 95.5 cm³/mol. The molecular formula is C19H28N2O4. The number of rotatable bonds is 6. The minimum Gasteiger partial charge on any atom is -0.480 e. The van der Waals surface area contributed by atoms with Crippen molar-refractivity contribution in [3.05, 3.63) is 35.9 Å². The van der Waals surface area contributed by atoms with E-state index in [4.69, 9.17) is 4.74 Å². The van der Waals surface area contributed by atoms with Gasteiger partial charge in [-0.1, -0.05) is 30.3 Å². The average molecular weight is 348 g/mol. The first-order chi connectivity index (χ1) is 11.8. The topological polar surface area (TPSA) is 78.9 Å². The lowest BCUT2D eigenvalue weighted by Crippen LogP contribution is -2.48. The van der Waals surface area contributed by atoms with Crippen LogP contribution in [0, 0.1) is 0 Å². The summed E-state index contributed by atoms with van der Waals surface area (Å²) < 4.78 is 5.44. The van der Waals surface area contributed by atoms with Crippen LogP contribution in [-0.4, -0.2) is 52.8 Å². The normalized spacial score (nSPS) is 18.8. The van der Waals surface area contributed by atoms with E-state index in [1.165, 1.54) is 0 Å². The van der Waals surface area contributed by atoms with Crippen molar-refractivity contribution in [2.75, 3.05) is 13.1 Å². The standard InChI is InChI=1S/C19H28N2O4/c1-19(2,3)25-18(24)21-11-7-10-15(21)13-20-16(17(22)23)12-14-8-5-4-6-9-14/h4-6,8-9,15-16,20H,7,10-13H2,1-3H3,(H,22,23)/t15-,16-/m0/s1. The van der Waals surface area contributed by atoms with E-state index < -0.39 is 17.6 Å². The summed E-state index contributed by atoms with van der Waals surface area (Å²) in [6.45, 7) is 6.62. The Bertz CT molecular complexity index is 583. The highest BCUT2D eigenvalue weighted by molar-refractivity contribution is 5.74. The SMILES string of the molecule is CC(C)(C)OC(=O)N1CCC[C@H]1CN[C@@H](Cc1ccccc1)C(=O)O. The molecule has 0 aliphatic carbocycles. The summed E-state index contributed by atoms with van der Waals surface area (Å²) in [4.78, 5) is 25.6. The van der Waals surface area contributed by atoms with Crippen LogP contribution in [0.2, 0.25) is 0 Å². The summed E-state index contributed by atoms with van der Waals surface area (Å²) in [5, 5.41) is 12.6. The first-order valence-corrected chi connectivity index (χ1v) is 8.76. The van der Waals surface area contributed by atoms with Gasteiger partial charge in [-0.15, -0.1) is 0 Å². The predicted octanol–water partition coefficient (Wildman–Crippen LogP) is 2.67. The molecule has 0 spiro atoms. The third-order valence-corrected chi connectivity index (χ3v) is 4.19. The van der Waals surface area contributed by atoms with E-state index in [1.807, 2.05) is 51.1 Å². The van der Waals surface area contributed by atoms with Crippen molar-refractivity contribution in [1.29, 1.82) is 0 Å². The number of ether oxygens (including phenoxy) is 1. The van der Waals surface area contributed by atoms with E-state index in [9.17, 15) is 14.7 Å². The molecule has 0 aromatic heterocycles. The van der Waals surface area contributed by atoms with Gasteiger partial charge < -0.3 is 20.1 Å². The number of likely N-dealkylation sites (tertiary alicyclic amines) is 1. The van der Waals surface area contributed by atoms with Crippen LogP contribution in [-0.2, 0) is 16.0 Å². The van der Waals surface area contributed by atoms with E-state index >= 15 is 0 Å². The number of carboxylic acid groups (broad SMARTS) is 1. The smallest absolute Gasteiger partial charge is 0.410 e. The minimum atomic E-state index is -0.884. The summed E-state index contributed by atoms with van der Waals surface area (Å²) >= 11 is 0. The van der Waals surface area contributed by atoms with E-state index in [0.717, 1.165) is 18.4 Å². The molecule has 1 aliphatic heterocycles. The van der Waals surface area contributed by atoms with Crippen molar-refractivity contribution in [2.24, 2.45) is 0 Å². The second kappa shape index (κ2) is 8.34. The molecule has 2 N–H and O–H groups in total. The van der Waals surface area contributed by atoms with Crippen LogP contribution < -0.4 is 5.32 Å². The van der Waals surface area contributed by atoms with Gasteiger partial charge in [0.1, 0.15) is 11.6 Å². The molecule has 1 aliphatic rings. The molecule has 2 atom stereocenters. The zero-order chi connectivity index (χ0) is 18.4. The Kier molecular flexibility index (Phi) is 6.42. The molecule has 1 saturated heterocycles. The maximum atomic E-state index is 12.3. The molecule has 0 radical (unpaired) electrons. The molecule has 1 heterocycles. The molecule has 1 aromatic rings. The zero-order valence-corrected chi connectivity index (χ0v) is 15.2. The summed E-state index contributed by atoms with van der Waals surface area (Å²) in [5.74, 6) is -0.884. The van der Waals surface area contributed by atoms with Crippen molar-refractivity contribution >= 4 is 12.1 Å². The molecule has 0 bridgehead atoms. The van der Waals surface area contributed by atoms with Gasteiger partial charge in [0.15, 0.2) is 0 Å². The number of carbonyl (C=O) groups excluding carboxylic acids is 1. The molecule has 6 heteroatoms. The third-order valence-electron chi connectivity index (χ3n) is 4.19. The van der Waals surface area contributed by atoms with Gasteiger partial charge >= 0.3 is 12.1 Å². The van der Waals surface area contributed by atoms with Gasteiger partial charge in [0.25, 0.3) is 0 Å². The van der Waals surface area contributed by atoms with Gasteiger partial charge in [-0.25, -0.2) is 4.79 Å². The minimum absolute atomic E-state index is 0.0347. The van der Waals surface area contributed by atoms with Crippen molar-refractivity contribution in [3.63, 3.8) is 0 Å². The van der Waals surface area contributed by atoms with E-state index in [-0.39, 0.29) is 12.1 Å². The number of carbonyl (C=O) groups is 2. The maximum absolute atomic E-state index is 12.3. The van der Waals surface area contributed by atoms with Crippen molar-refractivity contribution in [2.45, 2.75) is 57.7 Å². The summed E-state index contributed by atoms with van der Waals surface area (Å²) in [6, 6.07) is 8.82. The second-order valence-electron chi connectivity index (χ2n) is 7.46. The molecule has 1 amide bonds. The lowest BCUT2D eigenvalue weighted by atomic mass is 10.1. The Hall–Kier alpha value is -2.08. The number of carboxylic acids is 1. The quantitative estimate of drug-likeness (QED) is 0.826. The number of amides is 1. The number of hydrogen-bond donors (Lipinski definition) is 2. The van der Waals surface area contributed by atoms with Crippen LogP contribution in [0.5, 0.6) is 0 Å². The second-order valence-corrected chi connectivity index (χ2v) is 7.46. The van der Waals surface area contributed by atoms with Gasteiger partial charge in [0, 0.05) is 19.1 Å². The van der Waals surface area contributed by atoms with Gasteiger partial charge in [-0.2, -0.15) is 0 Å². The molecule has 2 rings (SSSR count). The highest BCUT2D eigenvalue weighted by Gasteiger charge is 2.32. The lowest BCUT2D eigenvalue weighted by molar-refractivity contribution is -0.139. The van der Waals surface area contributed by atoms with Crippen LogP contribution in [0.25, 0.3) is 0 Å². The van der Waals surface area contributed by atoms with Crippen molar-refractivity contribution in [1.82, 2.24) is 10.2 Å². The fourth-order valence-corrected chi connectivity index (χ4v) is 2.98. The van der Waals surface area contributed by atoms with E-state index in [1.54, 1.807) is 4.90 Å². The van der Waals surface area contributed by atoms with Crippen LogP contribution >= 0.6 is 0 Å². The molecule has 25 heavy (non-hydrogen) atoms. The first-order valence-electron chi connectivity index (χ1n) is 8.76. The first kappa shape index (κ1) is 19.2. The molecule has 6 nitrogen and oxygen atoms in total. The number of aliphatic carboxylic acids is 1. The molecular weight excluding hydrogens is 320 g/mol. The van der Waals surface area contributed by atoms with Crippen LogP contribution in [0.1, 0.15) is 39.2 Å². The molecule has 0 saturated carbocycles. The molecule has 0 unspecified atom stereocenters. The number of benzene rings is 1. The lowest BCUT2D eigenvalue weighted by Gasteiger charge is -2.29. The maximum Gasteiger partial charge on any atom is 0.410 e. The summed E-state index contributed by atoms with van der Waals surface area (Å²) in [6.07, 6.45) is 1.84. The Morgan fingerprint density at radius 2 is 2.00 bits per heavy atom. The summed E-state index contributed by atoms with van der Waals surface area (Å²) in [5.41, 5.74) is 0.437. The highest BCUT2D eigenvalue weighted by atomic mass is 16.6. The number of nitrogens with zero attached hydrogens (tertiary/aromatic N) is 1. The van der Waals surface area contributed by atoms with Gasteiger partial charge in [-0.05, 0) is 45.6 Å².